The van der Waals surface area contributed by atoms with Gasteiger partial charge < -0.3 is 0 Å². The molecule has 0 spiro atoms. The highest BCUT2D eigenvalue weighted by molar-refractivity contribution is 6.00. The van der Waals surface area contributed by atoms with Crippen molar-refractivity contribution in [3.8, 4) is 11.1 Å². The number of ketones is 1. The maximum absolute atomic E-state index is 11.7. The van der Waals surface area contributed by atoms with Crippen LogP contribution in [-0.4, -0.2) is 5.78 Å². The second-order valence-electron chi connectivity index (χ2n) is 5.29. The molecular weight excluding hydrogens is 232 g/mol. The molecule has 19 heavy (non-hydrogen) atoms. The van der Waals surface area contributed by atoms with Gasteiger partial charge in [-0.3, -0.25) is 4.79 Å². The van der Waals surface area contributed by atoms with Crippen molar-refractivity contribution in [1.82, 2.24) is 0 Å². The van der Waals surface area contributed by atoms with E-state index in [-0.39, 0.29) is 5.78 Å². The van der Waals surface area contributed by atoms with E-state index in [1.165, 1.54) is 42.4 Å². The van der Waals surface area contributed by atoms with Crippen molar-refractivity contribution in [2.75, 3.05) is 0 Å². The Bertz CT molecular complexity index is 625. The van der Waals surface area contributed by atoms with Gasteiger partial charge in [0.05, 0.1) is 0 Å². The Kier molecular flexibility index (Phi) is 3.20. The van der Waals surface area contributed by atoms with Crippen LogP contribution in [-0.2, 0) is 12.8 Å². The van der Waals surface area contributed by atoms with Crippen molar-refractivity contribution in [2.24, 2.45) is 0 Å². The Labute approximate surface area is 114 Å². The number of hydrogen-bond acceptors (Lipinski definition) is 1. The van der Waals surface area contributed by atoms with E-state index >= 15 is 0 Å². The average molecular weight is 250 g/mol. The van der Waals surface area contributed by atoms with Crippen LogP contribution in [0.1, 0.15) is 41.3 Å². The summed E-state index contributed by atoms with van der Waals surface area (Å²) in [5, 5.41) is 0. The van der Waals surface area contributed by atoms with Crippen molar-refractivity contribution >= 4 is 5.78 Å². The quantitative estimate of drug-likeness (QED) is 0.720. The third-order valence-electron chi connectivity index (χ3n) is 3.97. The van der Waals surface area contributed by atoms with Crippen molar-refractivity contribution in [3.63, 3.8) is 0 Å². The molecule has 1 heteroatoms. The lowest BCUT2D eigenvalue weighted by Gasteiger charge is -2.17. The van der Waals surface area contributed by atoms with Gasteiger partial charge in [-0.2, -0.15) is 0 Å². The fourth-order valence-electron chi connectivity index (χ4n) is 2.94. The number of carbonyl (C=O) groups excluding carboxylic acids is 1. The summed E-state index contributed by atoms with van der Waals surface area (Å²) < 4.78 is 0. The minimum absolute atomic E-state index is 0.133. The Morgan fingerprint density at radius 1 is 0.947 bits per heavy atom. The van der Waals surface area contributed by atoms with Crippen LogP contribution in [0.3, 0.4) is 0 Å². The molecule has 1 aliphatic carbocycles. The number of carbonyl (C=O) groups is 1. The summed E-state index contributed by atoms with van der Waals surface area (Å²) in [5.41, 5.74) is 5.99. The first-order chi connectivity index (χ1) is 9.25. The second-order valence-corrected chi connectivity index (χ2v) is 5.29. The molecule has 0 amide bonds. The van der Waals surface area contributed by atoms with Crippen LogP contribution in [0.4, 0.5) is 0 Å². The van der Waals surface area contributed by atoms with Gasteiger partial charge in [-0.05, 0) is 54.9 Å². The number of hydrogen-bond donors (Lipinski definition) is 0. The summed E-state index contributed by atoms with van der Waals surface area (Å²) in [4.78, 5) is 11.7. The lowest BCUT2D eigenvalue weighted by Crippen LogP contribution is -2.03. The van der Waals surface area contributed by atoms with Crippen molar-refractivity contribution in [2.45, 2.75) is 32.6 Å². The van der Waals surface area contributed by atoms with Crippen LogP contribution in [0.15, 0.2) is 42.5 Å². The summed E-state index contributed by atoms with van der Waals surface area (Å²) in [6.07, 6.45) is 4.95. The molecule has 2 aromatic carbocycles. The smallest absolute Gasteiger partial charge is 0.160 e. The molecule has 0 aromatic heterocycles. The van der Waals surface area contributed by atoms with E-state index in [2.05, 4.69) is 18.2 Å². The highest BCUT2D eigenvalue weighted by atomic mass is 16.1. The van der Waals surface area contributed by atoms with E-state index in [1.54, 1.807) is 6.92 Å². The summed E-state index contributed by atoms with van der Waals surface area (Å²) in [7, 11) is 0. The van der Waals surface area contributed by atoms with E-state index in [0.29, 0.717) is 0 Å². The van der Waals surface area contributed by atoms with Crippen LogP contribution >= 0.6 is 0 Å². The predicted octanol–water partition coefficient (Wildman–Crippen LogP) is 4.44. The van der Waals surface area contributed by atoms with E-state index < -0.39 is 0 Å². The number of aryl methyl sites for hydroxylation is 2. The van der Waals surface area contributed by atoms with Gasteiger partial charge in [-0.15, -0.1) is 0 Å². The van der Waals surface area contributed by atoms with Gasteiger partial charge in [0, 0.05) is 5.56 Å². The predicted molar refractivity (Wildman–Crippen MR) is 78.5 cm³/mol. The first-order valence-electron chi connectivity index (χ1n) is 6.98. The molecule has 3 rings (SSSR count). The van der Waals surface area contributed by atoms with Crippen LogP contribution in [0, 0.1) is 0 Å². The molecule has 0 saturated carbocycles. The molecular formula is C18H18O. The molecule has 1 nitrogen and oxygen atoms in total. The largest absolute Gasteiger partial charge is 0.294 e. The van der Waals surface area contributed by atoms with Crippen LogP contribution in [0.25, 0.3) is 11.1 Å². The fraction of sp³-hybridized carbons (Fsp3) is 0.278. The lowest BCUT2D eigenvalue weighted by atomic mass is 9.88. The highest BCUT2D eigenvalue weighted by Crippen LogP contribution is 2.29. The molecule has 0 bridgehead atoms. The molecule has 0 N–H and O–H groups in total. The van der Waals surface area contributed by atoms with E-state index in [0.717, 1.165) is 11.1 Å². The molecule has 0 heterocycles. The van der Waals surface area contributed by atoms with Crippen LogP contribution in [0.5, 0.6) is 0 Å². The fourth-order valence-corrected chi connectivity index (χ4v) is 2.94. The van der Waals surface area contributed by atoms with Crippen molar-refractivity contribution in [3.05, 3.63) is 59.2 Å². The summed E-state index contributed by atoms with van der Waals surface area (Å²) in [5.74, 6) is 0.133. The average Bonchev–Trinajstić information content (AvgIpc) is 2.46. The Morgan fingerprint density at radius 3 is 2.47 bits per heavy atom. The molecule has 0 aliphatic heterocycles. The van der Waals surface area contributed by atoms with Crippen LogP contribution < -0.4 is 0 Å². The topological polar surface area (TPSA) is 17.1 Å². The van der Waals surface area contributed by atoms with Crippen molar-refractivity contribution in [1.29, 1.82) is 0 Å². The Balaban J connectivity index is 2.10. The van der Waals surface area contributed by atoms with Gasteiger partial charge in [0.2, 0.25) is 0 Å². The zero-order chi connectivity index (χ0) is 13.2. The molecule has 0 fully saturated rings. The molecule has 0 radical (unpaired) electrons. The zero-order valence-electron chi connectivity index (χ0n) is 11.3. The van der Waals surface area contributed by atoms with Gasteiger partial charge >= 0.3 is 0 Å². The summed E-state index contributed by atoms with van der Waals surface area (Å²) in [6.45, 7) is 1.64. The summed E-state index contributed by atoms with van der Waals surface area (Å²) >= 11 is 0. The molecule has 0 saturated heterocycles. The molecule has 0 atom stereocenters. The molecule has 96 valence electrons. The van der Waals surface area contributed by atoms with Gasteiger partial charge in [0.25, 0.3) is 0 Å². The zero-order valence-corrected chi connectivity index (χ0v) is 11.3. The molecule has 0 unspecified atom stereocenters. The van der Waals surface area contributed by atoms with E-state index in [1.807, 2.05) is 24.3 Å². The van der Waals surface area contributed by atoms with Crippen LogP contribution in [0.2, 0.25) is 0 Å². The maximum Gasteiger partial charge on any atom is 0.160 e. The third-order valence-corrected chi connectivity index (χ3v) is 3.97. The van der Waals surface area contributed by atoms with Gasteiger partial charge in [0.15, 0.2) is 5.78 Å². The number of benzene rings is 2. The molecule has 2 aromatic rings. The number of rotatable bonds is 2. The third kappa shape index (κ3) is 2.33. The Morgan fingerprint density at radius 2 is 1.68 bits per heavy atom. The lowest BCUT2D eigenvalue weighted by molar-refractivity contribution is 0.101. The normalized spacial score (nSPS) is 13.9. The SMILES string of the molecule is CC(=O)c1ccccc1-c1ccc2c(c1)CCCC2. The standard InChI is InChI=1S/C18H18O/c1-13(19)17-8-4-5-9-18(17)16-11-10-14-6-2-3-7-15(14)12-16/h4-5,8-12H,2-3,6-7H2,1H3. The van der Waals surface area contributed by atoms with Gasteiger partial charge in [-0.25, -0.2) is 0 Å². The Hall–Kier alpha value is -1.89. The maximum atomic E-state index is 11.7. The monoisotopic (exact) mass is 250 g/mol. The first-order valence-corrected chi connectivity index (χ1v) is 6.98. The number of Topliss-reactive ketones (excluding diaryl/α,β-unsaturated/α-hetero) is 1. The van der Waals surface area contributed by atoms with Gasteiger partial charge in [-0.1, -0.05) is 42.5 Å². The van der Waals surface area contributed by atoms with Gasteiger partial charge in [0.1, 0.15) is 0 Å². The van der Waals surface area contributed by atoms with E-state index in [4.69, 9.17) is 0 Å². The highest BCUT2D eigenvalue weighted by Gasteiger charge is 2.12. The van der Waals surface area contributed by atoms with E-state index in [9.17, 15) is 4.79 Å². The summed E-state index contributed by atoms with van der Waals surface area (Å²) in [6, 6.07) is 14.6. The van der Waals surface area contributed by atoms with Crippen molar-refractivity contribution < 1.29 is 4.79 Å². The number of fused-ring (bicyclic) bond motifs is 1. The minimum atomic E-state index is 0.133. The first kappa shape index (κ1) is 12.2. The second kappa shape index (κ2) is 5.00. The minimum Gasteiger partial charge on any atom is -0.294 e. The molecule has 1 aliphatic rings.